The fourth-order valence-corrected chi connectivity index (χ4v) is 3.12. The fourth-order valence-electron chi connectivity index (χ4n) is 2.58. The zero-order valence-electron chi connectivity index (χ0n) is 9.48. The van der Waals surface area contributed by atoms with Crippen molar-refractivity contribution in [2.24, 2.45) is 5.92 Å². The van der Waals surface area contributed by atoms with Gasteiger partial charge < -0.3 is 10.2 Å². The Morgan fingerprint density at radius 3 is 2.88 bits per heavy atom. The second-order valence-corrected chi connectivity index (χ2v) is 7.00. The Balaban J connectivity index is 1.90. The summed E-state index contributed by atoms with van der Waals surface area (Å²) >= 11 is 0. The van der Waals surface area contributed by atoms with Gasteiger partial charge in [-0.15, -0.1) is 0 Å². The predicted octanol–water partition coefficient (Wildman–Crippen LogP) is -0.759. The molecule has 92 valence electrons. The number of amides is 1. The van der Waals surface area contributed by atoms with E-state index in [-0.39, 0.29) is 18.1 Å². The zero-order chi connectivity index (χ0) is 11.8. The van der Waals surface area contributed by atoms with Crippen LogP contribution in [0.2, 0.25) is 0 Å². The van der Waals surface area contributed by atoms with Crippen LogP contribution in [0.1, 0.15) is 12.8 Å². The van der Waals surface area contributed by atoms with E-state index in [1.165, 1.54) is 6.26 Å². The number of fused-ring (bicyclic) bond motifs is 1. The van der Waals surface area contributed by atoms with Gasteiger partial charge in [0.25, 0.3) is 0 Å². The van der Waals surface area contributed by atoms with Gasteiger partial charge in [-0.05, 0) is 12.3 Å². The van der Waals surface area contributed by atoms with E-state index in [0.717, 1.165) is 26.1 Å². The third-order valence-electron chi connectivity index (χ3n) is 3.45. The summed E-state index contributed by atoms with van der Waals surface area (Å²) in [6.45, 7) is 2.63. The van der Waals surface area contributed by atoms with Gasteiger partial charge in [0.05, 0.1) is 5.75 Å². The van der Waals surface area contributed by atoms with Crippen molar-refractivity contribution in [2.75, 3.05) is 31.6 Å². The molecule has 0 aromatic carbocycles. The van der Waals surface area contributed by atoms with Crippen LogP contribution in [0.15, 0.2) is 0 Å². The topological polar surface area (TPSA) is 66.5 Å². The normalized spacial score (nSPS) is 29.4. The van der Waals surface area contributed by atoms with Crippen molar-refractivity contribution in [3.63, 3.8) is 0 Å². The number of likely N-dealkylation sites (tertiary alicyclic amines) is 1. The van der Waals surface area contributed by atoms with E-state index in [1.54, 1.807) is 0 Å². The first kappa shape index (κ1) is 11.9. The SMILES string of the molecule is CS(=O)(=O)CCC(=O)N1CCC2CNCC21. The van der Waals surface area contributed by atoms with Crippen LogP contribution in [0.5, 0.6) is 0 Å². The molecule has 0 aromatic heterocycles. The number of nitrogens with one attached hydrogen (secondary N) is 1. The van der Waals surface area contributed by atoms with E-state index < -0.39 is 9.84 Å². The Morgan fingerprint density at radius 2 is 2.19 bits per heavy atom. The number of nitrogens with zero attached hydrogens (tertiary/aromatic N) is 1. The monoisotopic (exact) mass is 246 g/mol. The minimum Gasteiger partial charge on any atom is -0.338 e. The van der Waals surface area contributed by atoms with Gasteiger partial charge in [-0.3, -0.25) is 4.79 Å². The summed E-state index contributed by atoms with van der Waals surface area (Å²) in [5.41, 5.74) is 0. The molecule has 2 aliphatic heterocycles. The molecule has 0 saturated carbocycles. The largest absolute Gasteiger partial charge is 0.338 e. The second-order valence-electron chi connectivity index (χ2n) is 4.74. The third kappa shape index (κ3) is 2.55. The van der Waals surface area contributed by atoms with Crippen molar-refractivity contribution >= 4 is 15.7 Å². The standard InChI is InChI=1S/C10H18N2O3S/c1-16(14,15)5-3-10(13)12-4-2-8-6-11-7-9(8)12/h8-9,11H,2-7H2,1H3. The van der Waals surface area contributed by atoms with E-state index in [2.05, 4.69) is 5.32 Å². The molecule has 0 aromatic rings. The van der Waals surface area contributed by atoms with Crippen LogP contribution in [0.3, 0.4) is 0 Å². The molecule has 6 heteroatoms. The van der Waals surface area contributed by atoms with Gasteiger partial charge in [0.15, 0.2) is 0 Å². The number of sulfone groups is 1. The molecule has 5 nitrogen and oxygen atoms in total. The molecule has 0 spiro atoms. The first-order chi connectivity index (χ1) is 7.47. The molecule has 2 unspecified atom stereocenters. The summed E-state index contributed by atoms with van der Waals surface area (Å²) in [6, 6.07) is 0.298. The summed E-state index contributed by atoms with van der Waals surface area (Å²) in [5, 5.41) is 3.27. The molecule has 0 bridgehead atoms. The maximum Gasteiger partial charge on any atom is 0.223 e. The lowest BCUT2D eigenvalue weighted by molar-refractivity contribution is -0.131. The van der Waals surface area contributed by atoms with Gasteiger partial charge in [-0.2, -0.15) is 0 Å². The van der Waals surface area contributed by atoms with E-state index in [4.69, 9.17) is 0 Å². The highest BCUT2D eigenvalue weighted by Crippen LogP contribution is 2.27. The van der Waals surface area contributed by atoms with Crippen molar-refractivity contribution in [3.05, 3.63) is 0 Å². The minimum atomic E-state index is -3.03. The van der Waals surface area contributed by atoms with Gasteiger partial charge >= 0.3 is 0 Å². The Bertz CT molecular complexity index is 380. The number of rotatable bonds is 3. The van der Waals surface area contributed by atoms with Crippen LogP contribution in [-0.2, 0) is 14.6 Å². The molecule has 2 heterocycles. The molecular weight excluding hydrogens is 228 g/mol. The number of hydrogen-bond acceptors (Lipinski definition) is 4. The lowest BCUT2D eigenvalue weighted by Crippen LogP contribution is -2.39. The van der Waals surface area contributed by atoms with E-state index >= 15 is 0 Å². The van der Waals surface area contributed by atoms with E-state index in [9.17, 15) is 13.2 Å². The Morgan fingerprint density at radius 1 is 1.44 bits per heavy atom. The lowest BCUT2D eigenvalue weighted by atomic mass is 10.1. The van der Waals surface area contributed by atoms with Crippen LogP contribution in [0.4, 0.5) is 0 Å². The maximum atomic E-state index is 11.9. The molecular formula is C10H18N2O3S. The molecule has 2 aliphatic rings. The minimum absolute atomic E-state index is 0.0124. The summed E-state index contributed by atoms with van der Waals surface area (Å²) < 4.78 is 22.0. The molecule has 2 rings (SSSR count). The van der Waals surface area contributed by atoms with Crippen molar-refractivity contribution in [1.82, 2.24) is 10.2 Å². The van der Waals surface area contributed by atoms with Crippen LogP contribution in [0.25, 0.3) is 0 Å². The van der Waals surface area contributed by atoms with Crippen LogP contribution in [-0.4, -0.2) is 56.9 Å². The predicted molar refractivity (Wildman–Crippen MR) is 60.8 cm³/mol. The first-order valence-corrected chi connectivity index (χ1v) is 7.71. The number of carbonyl (C=O) groups is 1. The van der Waals surface area contributed by atoms with Crippen LogP contribution < -0.4 is 5.32 Å². The highest BCUT2D eigenvalue weighted by molar-refractivity contribution is 7.90. The molecule has 2 fully saturated rings. The average molecular weight is 246 g/mol. The summed E-state index contributed by atoms with van der Waals surface area (Å²) in [4.78, 5) is 13.7. The smallest absolute Gasteiger partial charge is 0.223 e. The number of hydrogen-bond donors (Lipinski definition) is 1. The lowest BCUT2D eigenvalue weighted by Gasteiger charge is -2.23. The summed E-state index contributed by atoms with van der Waals surface area (Å²) in [5.74, 6) is 0.525. The molecule has 2 saturated heterocycles. The molecule has 0 aliphatic carbocycles. The Labute approximate surface area is 96.1 Å². The third-order valence-corrected chi connectivity index (χ3v) is 4.40. The van der Waals surface area contributed by atoms with E-state index in [0.29, 0.717) is 12.0 Å². The number of carbonyl (C=O) groups excluding carboxylic acids is 1. The highest BCUT2D eigenvalue weighted by atomic mass is 32.2. The Kier molecular flexibility index (Phi) is 3.21. The highest BCUT2D eigenvalue weighted by Gasteiger charge is 2.39. The van der Waals surface area contributed by atoms with Gasteiger partial charge in [0.1, 0.15) is 9.84 Å². The maximum absolute atomic E-state index is 11.9. The molecule has 1 amide bonds. The fraction of sp³-hybridized carbons (Fsp3) is 0.900. The summed E-state index contributed by atoms with van der Waals surface area (Å²) in [6.07, 6.45) is 2.34. The van der Waals surface area contributed by atoms with Crippen molar-refractivity contribution < 1.29 is 13.2 Å². The van der Waals surface area contributed by atoms with Gasteiger partial charge in [0.2, 0.25) is 5.91 Å². The van der Waals surface area contributed by atoms with Crippen LogP contribution >= 0.6 is 0 Å². The van der Waals surface area contributed by atoms with Gasteiger partial charge in [0, 0.05) is 38.4 Å². The summed E-state index contributed by atoms with van der Waals surface area (Å²) in [7, 11) is -3.03. The Hall–Kier alpha value is -0.620. The molecule has 2 atom stereocenters. The first-order valence-electron chi connectivity index (χ1n) is 5.65. The molecule has 16 heavy (non-hydrogen) atoms. The van der Waals surface area contributed by atoms with Crippen LogP contribution in [0, 0.1) is 5.92 Å². The van der Waals surface area contributed by atoms with E-state index in [1.807, 2.05) is 4.90 Å². The van der Waals surface area contributed by atoms with Gasteiger partial charge in [-0.1, -0.05) is 0 Å². The zero-order valence-corrected chi connectivity index (χ0v) is 10.3. The van der Waals surface area contributed by atoms with Crippen molar-refractivity contribution in [3.8, 4) is 0 Å². The quantitative estimate of drug-likeness (QED) is 0.711. The molecule has 0 radical (unpaired) electrons. The van der Waals surface area contributed by atoms with Crippen molar-refractivity contribution in [2.45, 2.75) is 18.9 Å². The average Bonchev–Trinajstić information content (AvgIpc) is 2.73. The van der Waals surface area contributed by atoms with Crippen molar-refractivity contribution in [1.29, 1.82) is 0 Å². The van der Waals surface area contributed by atoms with Gasteiger partial charge in [-0.25, -0.2) is 8.42 Å². The second kappa shape index (κ2) is 4.33. The molecule has 1 N–H and O–H groups in total.